The van der Waals surface area contributed by atoms with Crippen LogP contribution in [0.15, 0.2) is 158 Å². The zero-order chi connectivity index (χ0) is 35.7. The fourth-order valence-corrected chi connectivity index (χ4v) is 5.54. The van der Waals surface area contributed by atoms with Crippen LogP contribution in [0.5, 0.6) is 0 Å². The number of rotatable bonds is 9. The third kappa shape index (κ3) is 9.28. The Morgan fingerprint density at radius 2 is 1.22 bits per heavy atom. The van der Waals surface area contributed by atoms with Crippen LogP contribution in [-0.4, -0.2) is 18.1 Å². The smallest absolute Gasteiger partial charge is 0.446 e. The van der Waals surface area contributed by atoms with Gasteiger partial charge in [-0.25, -0.2) is 4.79 Å². The van der Waals surface area contributed by atoms with Crippen LogP contribution in [-0.2, 0) is 4.74 Å². The zero-order valence-corrected chi connectivity index (χ0v) is 26.8. The largest absolute Gasteiger partial charge is 0.673 e. The van der Waals surface area contributed by atoms with Crippen LogP contribution >= 0.6 is 0 Å². The lowest BCUT2D eigenvalue weighted by Crippen LogP contribution is -2.46. The molecule has 0 amide bonds. The van der Waals surface area contributed by atoms with Crippen LogP contribution in [0.25, 0.3) is 22.4 Å². The average Bonchev–Trinajstić information content (AvgIpc) is 3.12. The van der Waals surface area contributed by atoms with Gasteiger partial charge in [-0.05, 0) is 42.3 Å². The van der Waals surface area contributed by atoms with Crippen molar-refractivity contribution >= 4 is 18.9 Å². The first-order chi connectivity index (χ1) is 24.0. The maximum Gasteiger partial charge on any atom is 0.673 e. The number of pyridine rings is 1. The molecule has 6 nitrogen and oxygen atoms in total. The second kappa shape index (κ2) is 15.9. The number of ether oxygens (including phenoxy) is 1. The number of nitro benzene ring substituents is 1. The van der Waals surface area contributed by atoms with Gasteiger partial charge in [0.05, 0.1) is 10.5 Å². The number of hydrogen-bond acceptors (Lipinski definition) is 4. The molecule has 0 radical (unpaired) electrons. The van der Waals surface area contributed by atoms with Crippen molar-refractivity contribution in [1.29, 1.82) is 0 Å². The molecular weight excluding hydrogens is 647 g/mol. The van der Waals surface area contributed by atoms with Crippen LogP contribution in [0, 0.1) is 17.0 Å². The number of nitrogens with zero attached hydrogens (tertiary/aromatic N) is 2. The van der Waals surface area contributed by atoms with Gasteiger partial charge < -0.3 is 22.0 Å². The number of halogens is 4. The van der Waals surface area contributed by atoms with Gasteiger partial charge >= 0.3 is 13.2 Å². The van der Waals surface area contributed by atoms with E-state index in [1.54, 1.807) is 24.3 Å². The van der Waals surface area contributed by atoms with Crippen molar-refractivity contribution in [2.24, 2.45) is 0 Å². The number of aryl methyl sites for hydroxylation is 1. The molecule has 11 heteroatoms. The lowest BCUT2D eigenvalue weighted by molar-refractivity contribution is -0.711. The van der Waals surface area contributed by atoms with Gasteiger partial charge in [-0.3, -0.25) is 10.1 Å². The molecule has 0 aliphatic heterocycles. The normalized spacial score (nSPS) is 12.2. The highest BCUT2D eigenvalue weighted by atomic mass is 19.5. The molecule has 0 saturated carbocycles. The Morgan fingerprint density at radius 1 is 0.680 bits per heavy atom. The van der Waals surface area contributed by atoms with E-state index in [1.165, 1.54) is 12.1 Å². The molecular formula is C39H31BF4N2O4. The quantitative estimate of drug-likeness (QED) is 0.0381. The van der Waals surface area contributed by atoms with Crippen LogP contribution < -0.4 is 4.57 Å². The summed E-state index contributed by atoms with van der Waals surface area (Å²) >= 11 is 0. The van der Waals surface area contributed by atoms with Crippen molar-refractivity contribution in [3.8, 4) is 22.4 Å². The highest BCUT2D eigenvalue weighted by Crippen LogP contribution is 2.36. The number of benzene rings is 5. The number of nitro groups is 1. The van der Waals surface area contributed by atoms with E-state index in [0.29, 0.717) is 11.1 Å². The van der Waals surface area contributed by atoms with Crippen molar-refractivity contribution in [1.82, 2.24) is 0 Å². The Morgan fingerprint density at radius 3 is 1.80 bits per heavy atom. The summed E-state index contributed by atoms with van der Waals surface area (Å²) < 4.78 is 47.5. The molecule has 2 unspecified atom stereocenters. The molecule has 5 aromatic carbocycles. The fourth-order valence-electron chi connectivity index (χ4n) is 5.54. The van der Waals surface area contributed by atoms with Gasteiger partial charge in [0, 0.05) is 41.0 Å². The van der Waals surface area contributed by atoms with Crippen LogP contribution in [0.1, 0.15) is 39.2 Å². The summed E-state index contributed by atoms with van der Waals surface area (Å²) in [6.45, 7) is 1.95. The van der Waals surface area contributed by atoms with E-state index in [2.05, 4.69) is 22.8 Å². The standard InChI is InChI=1S/C39H31N2O4.BF4/c1-28-20-22-32(23-21-28)39(42)45-38(34-18-11-19-35(26-34)41(43)44)37(31-16-9-4-10-17-31)40-25-24-33(29-12-5-2-6-13-29)27-36(40)30-14-7-3-8-15-30;2-1(3,4)5/h2-27,37-38H,1H3;/q+1;-1. The molecule has 2 atom stereocenters. The van der Waals surface area contributed by atoms with Gasteiger partial charge in [0.1, 0.15) is 0 Å². The van der Waals surface area contributed by atoms with Gasteiger partial charge in [0.2, 0.25) is 11.7 Å². The highest BCUT2D eigenvalue weighted by Gasteiger charge is 2.39. The molecule has 0 aliphatic rings. The Balaban J connectivity index is 0.000000908. The summed E-state index contributed by atoms with van der Waals surface area (Å²) in [4.78, 5) is 25.2. The second-order valence-electron chi connectivity index (χ2n) is 11.3. The number of non-ortho nitro benzene ring substituents is 1. The fraction of sp³-hybridized carbons (Fsp3) is 0.0769. The van der Waals surface area contributed by atoms with Crippen molar-refractivity contribution in [3.05, 3.63) is 190 Å². The van der Waals surface area contributed by atoms with Crippen molar-refractivity contribution in [3.63, 3.8) is 0 Å². The summed E-state index contributed by atoms with van der Waals surface area (Å²) in [6.07, 6.45) is 1.09. The summed E-state index contributed by atoms with van der Waals surface area (Å²) in [5.74, 6) is -0.518. The average molecular weight is 678 g/mol. The lowest BCUT2D eigenvalue weighted by Gasteiger charge is -2.26. The van der Waals surface area contributed by atoms with E-state index in [4.69, 9.17) is 4.74 Å². The van der Waals surface area contributed by atoms with Gasteiger partial charge in [-0.2, -0.15) is 4.57 Å². The molecule has 0 aliphatic carbocycles. The third-order valence-electron chi connectivity index (χ3n) is 7.82. The Labute approximate surface area is 286 Å². The monoisotopic (exact) mass is 678 g/mol. The first-order valence-corrected chi connectivity index (χ1v) is 15.6. The SMILES string of the molecule is Cc1ccc(C(=O)OC(c2cccc([N+](=O)[O-])c2)C(c2ccccc2)[n+]2ccc(-c3ccccc3)cc2-c2ccccc2)cc1.F[B-](F)(F)F. The molecule has 0 fully saturated rings. The zero-order valence-electron chi connectivity index (χ0n) is 26.8. The molecule has 0 N–H and O–H groups in total. The Kier molecular flexibility index (Phi) is 11.2. The minimum atomic E-state index is -6.00. The summed E-state index contributed by atoms with van der Waals surface area (Å²) in [5.41, 5.74) is 6.69. The molecule has 252 valence electrons. The maximum atomic E-state index is 13.8. The number of esters is 1. The summed E-state index contributed by atoms with van der Waals surface area (Å²) in [7, 11) is -6.00. The van der Waals surface area contributed by atoms with Crippen LogP contribution in [0.4, 0.5) is 23.0 Å². The predicted octanol–water partition coefficient (Wildman–Crippen LogP) is 10.0. The summed E-state index contributed by atoms with van der Waals surface area (Å²) in [5, 5.41) is 11.9. The van der Waals surface area contributed by atoms with Crippen molar-refractivity contribution < 1.29 is 36.3 Å². The maximum absolute atomic E-state index is 13.8. The molecule has 6 aromatic rings. The van der Waals surface area contributed by atoms with Crippen molar-refractivity contribution in [2.45, 2.75) is 19.1 Å². The molecule has 6 rings (SSSR count). The molecule has 1 aromatic heterocycles. The predicted molar refractivity (Wildman–Crippen MR) is 185 cm³/mol. The van der Waals surface area contributed by atoms with Gasteiger partial charge in [0.25, 0.3) is 5.69 Å². The topological polar surface area (TPSA) is 73.3 Å². The van der Waals surface area contributed by atoms with Gasteiger partial charge in [0.15, 0.2) is 12.3 Å². The van der Waals surface area contributed by atoms with Gasteiger partial charge in [-0.15, -0.1) is 0 Å². The minimum Gasteiger partial charge on any atom is -0.446 e. The van der Waals surface area contributed by atoms with E-state index in [1.807, 2.05) is 110 Å². The molecule has 50 heavy (non-hydrogen) atoms. The number of aromatic nitrogens is 1. The molecule has 0 bridgehead atoms. The molecule has 0 spiro atoms. The van der Waals surface area contributed by atoms with Gasteiger partial charge in [-0.1, -0.05) is 109 Å². The number of carbonyl (C=O) groups is 1. The first-order valence-electron chi connectivity index (χ1n) is 15.6. The lowest BCUT2D eigenvalue weighted by atomic mass is 9.93. The highest BCUT2D eigenvalue weighted by molar-refractivity contribution is 6.50. The number of hydrogen-bond donors (Lipinski definition) is 0. The van der Waals surface area contributed by atoms with E-state index >= 15 is 0 Å². The number of carbonyl (C=O) groups excluding carboxylic acids is 1. The Hall–Kier alpha value is -6.10. The molecule has 1 heterocycles. The second-order valence-corrected chi connectivity index (χ2v) is 11.3. The van der Waals surface area contributed by atoms with Crippen LogP contribution in [0.3, 0.4) is 0 Å². The van der Waals surface area contributed by atoms with E-state index < -0.39 is 30.3 Å². The van der Waals surface area contributed by atoms with E-state index in [0.717, 1.165) is 33.5 Å². The third-order valence-corrected chi connectivity index (χ3v) is 7.82. The van der Waals surface area contributed by atoms with Crippen LogP contribution in [0.2, 0.25) is 0 Å². The van der Waals surface area contributed by atoms with Crippen molar-refractivity contribution in [2.75, 3.05) is 0 Å². The summed E-state index contributed by atoms with van der Waals surface area (Å²) in [6, 6.07) is 47.1. The first kappa shape index (κ1) is 35.2. The minimum absolute atomic E-state index is 0.0802. The van der Waals surface area contributed by atoms with E-state index in [-0.39, 0.29) is 5.69 Å². The molecule has 0 saturated heterocycles. The Bertz CT molecular complexity index is 2040. The van der Waals surface area contributed by atoms with E-state index in [9.17, 15) is 32.2 Å².